The first-order valence-corrected chi connectivity index (χ1v) is 5.01. The highest BCUT2D eigenvalue weighted by Crippen LogP contribution is 2.20. The number of halogens is 2. The topological polar surface area (TPSA) is 17.1 Å². The quantitative estimate of drug-likeness (QED) is 0.579. The van der Waals surface area contributed by atoms with E-state index in [1.807, 2.05) is 19.1 Å². The van der Waals surface area contributed by atoms with E-state index in [-0.39, 0.29) is 5.78 Å². The lowest BCUT2D eigenvalue weighted by Gasteiger charge is -2.02. The normalized spacial score (nSPS) is 9.92. The third kappa shape index (κ3) is 1.87. The van der Waals surface area contributed by atoms with Crippen LogP contribution in [0.25, 0.3) is 0 Å². The number of carbonyl (C=O) groups is 1. The predicted molar refractivity (Wildman–Crippen MR) is 54.3 cm³/mol. The van der Waals surface area contributed by atoms with Crippen molar-refractivity contribution in [1.29, 1.82) is 0 Å². The summed E-state index contributed by atoms with van der Waals surface area (Å²) in [7, 11) is 0. The summed E-state index contributed by atoms with van der Waals surface area (Å²) < 4.78 is 0. The Balaban J connectivity index is 3.16. The van der Waals surface area contributed by atoms with Crippen LogP contribution in [0, 0.1) is 6.92 Å². The zero-order chi connectivity index (χ0) is 9.14. The van der Waals surface area contributed by atoms with E-state index in [4.69, 9.17) is 11.6 Å². The molecule has 0 saturated heterocycles. The Morgan fingerprint density at radius 3 is 2.83 bits per heavy atom. The van der Waals surface area contributed by atoms with Crippen LogP contribution in [0.1, 0.15) is 15.9 Å². The van der Waals surface area contributed by atoms with Crippen molar-refractivity contribution in [2.45, 2.75) is 6.92 Å². The molecule has 0 atom stereocenters. The van der Waals surface area contributed by atoms with Crippen LogP contribution >= 0.6 is 27.5 Å². The minimum Gasteiger partial charge on any atom is -0.293 e. The number of rotatable bonds is 2. The Morgan fingerprint density at radius 2 is 2.25 bits per heavy atom. The molecule has 12 heavy (non-hydrogen) atoms. The standard InChI is InChI=1S/C9H8BrClO/c1-6-3-2-4-7(9(6)11)8(12)5-10/h2-4H,5H2,1H3. The van der Waals surface area contributed by atoms with Crippen molar-refractivity contribution in [2.24, 2.45) is 0 Å². The molecule has 0 unspecified atom stereocenters. The maximum Gasteiger partial charge on any atom is 0.174 e. The van der Waals surface area contributed by atoms with Gasteiger partial charge in [0.15, 0.2) is 5.78 Å². The summed E-state index contributed by atoms with van der Waals surface area (Å²) in [5.41, 5.74) is 1.53. The van der Waals surface area contributed by atoms with E-state index in [0.717, 1.165) is 5.56 Å². The van der Waals surface area contributed by atoms with E-state index >= 15 is 0 Å². The Kier molecular flexibility index (Phi) is 3.29. The van der Waals surface area contributed by atoms with Gasteiger partial charge in [-0.25, -0.2) is 0 Å². The molecule has 1 aromatic rings. The molecule has 0 N–H and O–H groups in total. The fourth-order valence-electron chi connectivity index (χ4n) is 0.935. The van der Waals surface area contributed by atoms with Gasteiger partial charge in [-0.2, -0.15) is 0 Å². The summed E-state index contributed by atoms with van der Waals surface area (Å²) in [4.78, 5) is 11.3. The fraction of sp³-hybridized carbons (Fsp3) is 0.222. The first kappa shape index (κ1) is 9.75. The van der Waals surface area contributed by atoms with E-state index in [9.17, 15) is 4.79 Å². The minimum atomic E-state index is 0.0173. The molecule has 0 aliphatic heterocycles. The lowest BCUT2D eigenvalue weighted by atomic mass is 10.1. The van der Waals surface area contributed by atoms with Crippen molar-refractivity contribution in [3.05, 3.63) is 34.3 Å². The molecule has 64 valence electrons. The second kappa shape index (κ2) is 4.06. The molecular weight excluding hydrogens is 239 g/mol. The molecule has 0 aliphatic carbocycles. The van der Waals surface area contributed by atoms with Gasteiger partial charge in [-0.15, -0.1) is 0 Å². The molecule has 0 spiro atoms. The number of hydrogen-bond donors (Lipinski definition) is 0. The van der Waals surface area contributed by atoms with Gasteiger partial charge < -0.3 is 0 Å². The Morgan fingerprint density at radius 1 is 1.58 bits per heavy atom. The molecule has 0 aliphatic rings. The molecule has 3 heteroatoms. The van der Waals surface area contributed by atoms with Gasteiger partial charge in [0.05, 0.1) is 10.4 Å². The second-order valence-electron chi connectivity index (χ2n) is 2.49. The number of hydrogen-bond acceptors (Lipinski definition) is 1. The highest BCUT2D eigenvalue weighted by molar-refractivity contribution is 9.09. The Hall–Kier alpha value is -0.340. The SMILES string of the molecule is Cc1cccc(C(=O)CBr)c1Cl. The zero-order valence-corrected chi connectivity index (χ0v) is 8.95. The minimum absolute atomic E-state index is 0.0173. The molecule has 0 aromatic heterocycles. The van der Waals surface area contributed by atoms with E-state index in [1.54, 1.807) is 6.07 Å². The molecule has 0 heterocycles. The van der Waals surface area contributed by atoms with Gasteiger partial charge >= 0.3 is 0 Å². The smallest absolute Gasteiger partial charge is 0.174 e. The highest BCUT2D eigenvalue weighted by atomic mass is 79.9. The van der Waals surface area contributed by atoms with Crippen LogP contribution in [-0.2, 0) is 0 Å². The maximum atomic E-state index is 11.3. The molecule has 1 rings (SSSR count). The van der Waals surface area contributed by atoms with Crippen LogP contribution in [-0.4, -0.2) is 11.1 Å². The van der Waals surface area contributed by atoms with Crippen molar-refractivity contribution >= 4 is 33.3 Å². The fourth-order valence-corrected chi connectivity index (χ4v) is 1.47. The molecule has 1 aromatic carbocycles. The molecular formula is C9H8BrClO. The predicted octanol–water partition coefficient (Wildman–Crippen LogP) is 3.23. The average Bonchev–Trinajstić information content (AvgIpc) is 2.08. The average molecular weight is 248 g/mol. The van der Waals surface area contributed by atoms with Gasteiger partial charge in [0.25, 0.3) is 0 Å². The van der Waals surface area contributed by atoms with E-state index in [1.165, 1.54) is 0 Å². The number of aryl methyl sites for hydroxylation is 1. The van der Waals surface area contributed by atoms with Gasteiger partial charge in [0.2, 0.25) is 0 Å². The summed E-state index contributed by atoms with van der Waals surface area (Å²) in [5.74, 6) is 0.0173. The molecule has 0 saturated carbocycles. The molecule has 0 fully saturated rings. The third-order valence-corrected chi connectivity index (χ3v) is 2.62. The van der Waals surface area contributed by atoms with Crippen molar-refractivity contribution in [1.82, 2.24) is 0 Å². The van der Waals surface area contributed by atoms with Crippen LogP contribution < -0.4 is 0 Å². The number of alkyl halides is 1. The summed E-state index contributed by atoms with van der Waals surface area (Å²) in [6.07, 6.45) is 0. The van der Waals surface area contributed by atoms with Gasteiger partial charge in [0, 0.05) is 5.56 Å². The van der Waals surface area contributed by atoms with Crippen molar-refractivity contribution < 1.29 is 4.79 Å². The monoisotopic (exact) mass is 246 g/mol. The zero-order valence-electron chi connectivity index (χ0n) is 6.60. The lowest BCUT2D eigenvalue weighted by Crippen LogP contribution is -2.01. The van der Waals surface area contributed by atoms with Crippen LogP contribution in [0.2, 0.25) is 5.02 Å². The van der Waals surface area contributed by atoms with Crippen LogP contribution in [0.4, 0.5) is 0 Å². The lowest BCUT2D eigenvalue weighted by molar-refractivity contribution is 0.102. The molecule has 0 bridgehead atoms. The van der Waals surface area contributed by atoms with E-state index in [2.05, 4.69) is 15.9 Å². The number of carbonyl (C=O) groups excluding carboxylic acids is 1. The van der Waals surface area contributed by atoms with Crippen molar-refractivity contribution in [3.8, 4) is 0 Å². The summed E-state index contributed by atoms with van der Waals surface area (Å²) in [5, 5.41) is 0.873. The van der Waals surface area contributed by atoms with Gasteiger partial charge in [-0.3, -0.25) is 4.79 Å². The van der Waals surface area contributed by atoms with Crippen LogP contribution in [0.15, 0.2) is 18.2 Å². The summed E-state index contributed by atoms with van der Waals surface area (Å²) >= 11 is 9.03. The molecule has 0 radical (unpaired) electrons. The number of benzene rings is 1. The van der Waals surface area contributed by atoms with E-state index < -0.39 is 0 Å². The van der Waals surface area contributed by atoms with Gasteiger partial charge in [-0.1, -0.05) is 39.7 Å². The summed E-state index contributed by atoms with van der Waals surface area (Å²) in [6, 6.07) is 5.45. The van der Waals surface area contributed by atoms with Crippen molar-refractivity contribution in [3.63, 3.8) is 0 Å². The number of Topliss-reactive ketones (excluding diaryl/α,β-unsaturated/α-hetero) is 1. The van der Waals surface area contributed by atoms with Crippen LogP contribution in [0.5, 0.6) is 0 Å². The van der Waals surface area contributed by atoms with Gasteiger partial charge in [-0.05, 0) is 18.6 Å². The highest BCUT2D eigenvalue weighted by Gasteiger charge is 2.09. The summed E-state index contributed by atoms with van der Waals surface area (Å²) in [6.45, 7) is 1.88. The molecule has 0 amide bonds. The van der Waals surface area contributed by atoms with Crippen LogP contribution in [0.3, 0.4) is 0 Å². The maximum absolute atomic E-state index is 11.3. The number of ketones is 1. The molecule has 1 nitrogen and oxygen atoms in total. The first-order chi connectivity index (χ1) is 5.66. The second-order valence-corrected chi connectivity index (χ2v) is 3.43. The van der Waals surface area contributed by atoms with Crippen molar-refractivity contribution in [2.75, 3.05) is 5.33 Å². The van der Waals surface area contributed by atoms with E-state index in [0.29, 0.717) is 15.9 Å². The third-order valence-electron chi connectivity index (χ3n) is 1.61. The Labute approximate surface area is 84.9 Å². The first-order valence-electron chi connectivity index (χ1n) is 3.51. The Bertz CT molecular complexity index is 309. The van der Waals surface area contributed by atoms with Gasteiger partial charge in [0.1, 0.15) is 0 Å². The largest absolute Gasteiger partial charge is 0.293 e.